The molecule has 0 radical (unpaired) electrons. The number of pyridine rings is 1. The SMILES string of the molecule is CC(CO)Nc1cc2cc(C(=O)N[C@H](CCO)c3ccc(Cl)c(F)c3)ccc2cn1. The maximum Gasteiger partial charge on any atom is 0.251 e. The zero-order valence-corrected chi connectivity index (χ0v) is 17.2. The van der Waals surface area contributed by atoms with E-state index in [9.17, 15) is 19.4 Å². The second kappa shape index (κ2) is 9.84. The van der Waals surface area contributed by atoms with Gasteiger partial charge in [-0.25, -0.2) is 9.37 Å². The molecule has 1 unspecified atom stereocenters. The summed E-state index contributed by atoms with van der Waals surface area (Å²) in [6, 6.07) is 10.6. The number of nitrogens with one attached hydrogen (secondary N) is 2. The van der Waals surface area contributed by atoms with E-state index in [2.05, 4.69) is 15.6 Å². The highest BCUT2D eigenvalue weighted by Crippen LogP contribution is 2.24. The van der Waals surface area contributed by atoms with Gasteiger partial charge < -0.3 is 20.8 Å². The van der Waals surface area contributed by atoms with Crippen molar-refractivity contribution in [3.05, 3.63) is 70.6 Å². The fraction of sp³-hybridized carbons (Fsp3) is 0.273. The number of benzene rings is 2. The van der Waals surface area contributed by atoms with Gasteiger partial charge in [0.1, 0.15) is 11.6 Å². The predicted octanol–water partition coefficient (Wildman–Crippen LogP) is 3.67. The van der Waals surface area contributed by atoms with Gasteiger partial charge in [-0.15, -0.1) is 0 Å². The molecule has 0 saturated heterocycles. The molecule has 1 aromatic heterocycles. The van der Waals surface area contributed by atoms with Crippen molar-refractivity contribution < 1.29 is 19.4 Å². The molecule has 0 bridgehead atoms. The van der Waals surface area contributed by atoms with Crippen LogP contribution in [-0.2, 0) is 0 Å². The number of carbonyl (C=O) groups excluding carboxylic acids is 1. The van der Waals surface area contributed by atoms with Crippen molar-refractivity contribution in [1.29, 1.82) is 0 Å². The number of hydrogen-bond acceptors (Lipinski definition) is 5. The van der Waals surface area contributed by atoms with E-state index in [0.717, 1.165) is 10.8 Å². The van der Waals surface area contributed by atoms with E-state index >= 15 is 0 Å². The molecule has 4 N–H and O–H groups in total. The van der Waals surface area contributed by atoms with E-state index in [1.807, 2.05) is 6.92 Å². The summed E-state index contributed by atoms with van der Waals surface area (Å²) in [6.07, 6.45) is 1.92. The molecular formula is C22H23ClFN3O3. The van der Waals surface area contributed by atoms with Crippen LogP contribution in [0.15, 0.2) is 48.7 Å². The van der Waals surface area contributed by atoms with Crippen molar-refractivity contribution in [2.24, 2.45) is 0 Å². The summed E-state index contributed by atoms with van der Waals surface area (Å²) in [6.45, 7) is 1.63. The first-order valence-electron chi connectivity index (χ1n) is 9.55. The Labute approximate surface area is 178 Å². The van der Waals surface area contributed by atoms with E-state index < -0.39 is 11.9 Å². The number of halogens is 2. The smallest absolute Gasteiger partial charge is 0.251 e. The number of amides is 1. The molecule has 0 aliphatic heterocycles. The molecule has 158 valence electrons. The predicted molar refractivity (Wildman–Crippen MR) is 115 cm³/mol. The summed E-state index contributed by atoms with van der Waals surface area (Å²) in [7, 11) is 0. The summed E-state index contributed by atoms with van der Waals surface area (Å²) in [5, 5.41) is 26.1. The van der Waals surface area contributed by atoms with Crippen LogP contribution in [0.5, 0.6) is 0 Å². The summed E-state index contributed by atoms with van der Waals surface area (Å²) in [5.41, 5.74) is 0.945. The average Bonchev–Trinajstić information content (AvgIpc) is 2.74. The van der Waals surface area contributed by atoms with Crippen molar-refractivity contribution in [2.75, 3.05) is 18.5 Å². The van der Waals surface area contributed by atoms with Crippen molar-refractivity contribution in [3.8, 4) is 0 Å². The number of carbonyl (C=O) groups is 1. The van der Waals surface area contributed by atoms with Crippen molar-refractivity contribution in [1.82, 2.24) is 10.3 Å². The minimum absolute atomic E-state index is 0.00380. The maximum absolute atomic E-state index is 13.8. The average molecular weight is 432 g/mol. The fourth-order valence-electron chi connectivity index (χ4n) is 3.08. The Morgan fingerprint density at radius 2 is 1.97 bits per heavy atom. The van der Waals surface area contributed by atoms with Crippen LogP contribution in [0.1, 0.15) is 35.3 Å². The van der Waals surface area contributed by atoms with Crippen LogP contribution in [0.25, 0.3) is 10.8 Å². The topological polar surface area (TPSA) is 94.5 Å². The summed E-state index contributed by atoms with van der Waals surface area (Å²) >= 11 is 5.74. The van der Waals surface area contributed by atoms with Gasteiger partial charge in [0.15, 0.2) is 0 Å². The highest BCUT2D eigenvalue weighted by atomic mass is 35.5. The molecule has 2 atom stereocenters. The van der Waals surface area contributed by atoms with E-state index in [0.29, 0.717) is 16.9 Å². The Balaban J connectivity index is 1.83. The number of hydrogen-bond donors (Lipinski definition) is 4. The highest BCUT2D eigenvalue weighted by Gasteiger charge is 2.17. The lowest BCUT2D eigenvalue weighted by molar-refractivity contribution is 0.0930. The van der Waals surface area contributed by atoms with Crippen molar-refractivity contribution >= 4 is 34.1 Å². The number of fused-ring (bicyclic) bond motifs is 1. The summed E-state index contributed by atoms with van der Waals surface area (Å²) < 4.78 is 13.8. The number of aromatic nitrogens is 1. The lowest BCUT2D eigenvalue weighted by atomic mass is 10.0. The molecule has 1 heterocycles. The van der Waals surface area contributed by atoms with E-state index in [1.165, 1.54) is 12.1 Å². The van der Waals surface area contributed by atoms with E-state index in [-0.39, 0.29) is 36.6 Å². The molecule has 1 amide bonds. The van der Waals surface area contributed by atoms with Crippen LogP contribution in [0.3, 0.4) is 0 Å². The van der Waals surface area contributed by atoms with Gasteiger partial charge >= 0.3 is 0 Å². The molecule has 0 aliphatic carbocycles. The quantitative estimate of drug-likeness (QED) is 0.436. The second-order valence-corrected chi connectivity index (χ2v) is 7.48. The molecular weight excluding hydrogens is 409 g/mol. The normalized spacial score (nSPS) is 13.1. The largest absolute Gasteiger partial charge is 0.396 e. The van der Waals surface area contributed by atoms with Crippen LogP contribution >= 0.6 is 11.6 Å². The van der Waals surface area contributed by atoms with Gasteiger partial charge in [-0.1, -0.05) is 23.7 Å². The zero-order chi connectivity index (χ0) is 21.7. The Kier molecular flexibility index (Phi) is 7.20. The molecule has 0 spiro atoms. The Morgan fingerprint density at radius 3 is 2.67 bits per heavy atom. The van der Waals surface area contributed by atoms with Crippen LogP contribution in [-0.4, -0.2) is 40.4 Å². The minimum atomic E-state index is -0.582. The molecule has 0 aliphatic rings. The van der Waals surface area contributed by atoms with Crippen LogP contribution in [0.2, 0.25) is 5.02 Å². The third kappa shape index (κ3) is 5.24. The maximum atomic E-state index is 13.8. The second-order valence-electron chi connectivity index (χ2n) is 7.07. The zero-order valence-electron chi connectivity index (χ0n) is 16.4. The Hall–Kier alpha value is -2.74. The van der Waals surface area contributed by atoms with E-state index in [1.54, 1.807) is 36.5 Å². The molecule has 3 rings (SSSR count). The molecule has 6 nitrogen and oxygen atoms in total. The van der Waals surface area contributed by atoms with Gasteiger partial charge in [-0.05, 0) is 54.6 Å². The number of aliphatic hydroxyl groups excluding tert-OH is 2. The number of anilines is 1. The monoisotopic (exact) mass is 431 g/mol. The molecule has 30 heavy (non-hydrogen) atoms. The van der Waals surface area contributed by atoms with Crippen LogP contribution in [0.4, 0.5) is 10.2 Å². The molecule has 0 saturated carbocycles. The van der Waals surface area contributed by atoms with Crippen LogP contribution in [0, 0.1) is 5.82 Å². The van der Waals surface area contributed by atoms with Gasteiger partial charge in [-0.2, -0.15) is 0 Å². The third-order valence-electron chi connectivity index (χ3n) is 4.72. The summed E-state index contributed by atoms with van der Waals surface area (Å²) in [5.74, 6) is -0.334. The molecule has 2 aromatic carbocycles. The minimum Gasteiger partial charge on any atom is -0.396 e. The Morgan fingerprint density at radius 1 is 1.17 bits per heavy atom. The van der Waals surface area contributed by atoms with Crippen molar-refractivity contribution in [2.45, 2.75) is 25.4 Å². The summed E-state index contributed by atoms with van der Waals surface area (Å²) in [4.78, 5) is 17.1. The first-order chi connectivity index (χ1) is 14.4. The lowest BCUT2D eigenvalue weighted by Crippen LogP contribution is -2.29. The third-order valence-corrected chi connectivity index (χ3v) is 5.03. The molecule has 3 aromatic rings. The Bertz CT molecular complexity index is 1050. The fourth-order valence-corrected chi connectivity index (χ4v) is 3.20. The number of rotatable bonds is 8. The standard InChI is InChI=1S/C22H23ClFN3O3/c1-13(12-29)26-21-10-17-8-15(2-3-16(17)11-25-21)22(30)27-20(6-7-28)14-4-5-18(23)19(24)9-14/h2-5,8-11,13,20,28-29H,6-7,12H2,1H3,(H,25,26)(H,27,30)/t13?,20-/m1/s1. The number of nitrogens with zero attached hydrogens (tertiary/aromatic N) is 1. The first kappa shape index (κ1) is 22.0. The highest BCUT2D eigenvalue weighted by molar-refractivity contribution is 6.30. The van der Waals surface area contributed by atoms with Gasteiger partial charge in [0.2, 0.25) is 0 Å². The van der Waals surface area contributed by atoms with Gasteiger partial charge in [0.25, 0.3) is 5.91 Å². The molecule has 0 fully saturated rings. The molecule has 8 heteroatoms. The van der Waals surface area contributed by atoms with Gasteiger partial charge in [-0.3, -0.25) is 4.79 Å². The van der Waals surface area contributed by atoms with E-state index in [4.69, 9.17) is 11.6 Å². The lowest BCUT2D eigenvalue weighted by Gasteiger charge is -2.19. The van der Waals surface area contributed by atoms with Gasteiger partial charge in [0.05, 0.1) is 17.7 Å². The number of aliphatic hydroxyl groups is 2. The van der Waals surface area contributed by atoms with Crippen LogP contribution < -0.4 is 10.6 Å². The van der Waals surface area contributed by atoms with Crippen molar-refractivity contribution in [3.63, 3.8) is 0 Å². The van der Waals surface area contributed by atoms with Gasteiger partial charge in [0, 0.05) is 29.8 Å². The first-order valence-corrected chi connectivity index (χ1v) is 9.93.